The fourth-order valence-corrected chi connectivity index (χ4v) is 1.53. The molecule has 1 unspecified atom stereocenters. The zero-order chi connectivity index (χ0) is 12.0. The van der Waals surface area contributed by atoms with Crippen molar-refractivity contribution in [1.29, 1.82) is 0 Å². The smallest absolute Gasteiger partial charge is 0.128 e. The minimum absolute atomic E-state index is 0.197. The number of anilines is 1. The van der Waals surface area contributed by atoms with Crippen LogP contribution in [0.15, 0.2) is 18.3 Å². The average Bonchev–Trinajstić information content (AvgIpc) is 2.30. The van der Waals surface area contributed by atoms with Gasteiger partial charge in [0.05, 0.1) is 6.10 Å². The molecule has 90 valence electrons. The number of aliphatic hydroxyl groups excluding tert-OH is 2. The lowest BCUT2D eigenvalue weighted by Gasteiger charge is -2.21. The van der Waals surface area contributed by atoms with Crippen molar-refractivity contribution in [3.8, 4) is 0 Å². The van der Waals surface area contributed by atoms with Crippen molar-refractivity contribution in [2.75, 3.05) is 24.6 Å². The molecular formula is C12H20N2O2. The van der Waals surface area contributed by atoms with Gasteiger partial charge in [-0.15, -0.1) is 0 Å². The van der Waals surface area contributed by atoms with Gasteiger partial charge in [0.2, 0.25) is 0 Å². The monoisotopic (exact) mass is 224 g/mol. The molecule has 0 aliphatic rings. The molecule has 0 aliphatic carbocycles. The fourth-order valence-electron chi connectivity index (χ4n) is 1.53. The molecule has 2 N–H and O–H groups in total. The molecular weight excluding hydrogens is 204 g/mol. The lowest BCUT2D eigenvalue weighted by atomic mass is 10.2. The number of aliphatic hydroxyl groups is 2. The molecule has 1 aromatic rings. The molecule has 0 fully saturated rings. The minimum Gasteiger partial charge on any atom is -0.396 e. The van der Waals surface area contributed by atoms with Crippen LogP contribution >= 0.6 is 0 Å². The maximum atomic E-state index is 9.37. The van der Waals surface area contributed by atoms with Gasteiger partial charge in [0, 0.05) is 25.9 Å². The number of hydrogen-bond donors (Lipinski definition) is 2. The van der Waals surface area contributed by atoms with Gasteiger partial charge < -0.3 is 15.1 Å². The number of rotatable bonds is 6. The van der Waals surface area contributed by atoms with Crippen LogP contribution in [0.3, 0.4) is 0 Å². The minimum atomic E-state index is -0.478. The summed E-state index contributed by atoms with van der Waals surface area (Å²) in [6, 6.07) is 3.79. The summed E-state index contributed by atoms with van der Waals surface area (Å²) in [6.07, 6.45) is 1.96. The molecule has 0 radical (unpaired) electrons. The van der Waals surface area contributed by atoms with E-state index < -0.39 is 6.10 Å². The largest absolute Gasteiger partial charge is 0.396 e. The van der Waals surface area contributed by atoms with E-state index in [0.29, 0.717) is 0 Å². The van der Waals surface area contributed by atoms with Crippen LogP contribution in [0, 0.1) is 0 Å². The molecule has 0 amide bonds. The third-order valence-corrected chi connectivity index (χ3v) is 2.55. The van der Waals surface area contributed by atoms with Crippen molar-refractivity contribution >= 4 is 5.82 Å². The summed E-state index contributed by atoms with van der Waals surface area (Å²) in [6.45, 7) is 5.64. The Morgan fingerprint density at radius 3 is 2.62 bits per heavy atom. The first kappa shape index (κ1) is 12.9. The second-order valence-corrected chi connectivity index (χ2v) is 3.78. The normalized spacial score (nSPS) is 12.5. The van der Waals surface area contributed by atoms with Crippen LogP contribution in [-0.4, -0.2) is 34.9 Å². The highest BCUT2D eigenvalue weighted by molar-refractivity contribution is 5.39. The van der Waals surface area contributed by atoms with Crippen LogP contribution in [-0.2, 0) is 0 Å². The first-order valence-corrected chi connectivity index (χ1v) is 5.68. The third kappa shape index (κ3) is 3.47. The van der Waals surface area contributed by atoms with Crippen molar-refractivity contribution in [3.63, 3.8) is 0 Å². The maximum Gasteiger partial charge on any atom is 0.128 e. The van der Waals surface area contributed by atoms with Gasteiger partial charge in [-0.05, 0) is 31.9 Å². The molecule has 16 heavy (non-hydrogen) atoms. The van der Waals surface area contributed by atoms with Gasteiger partial charge in [0.25, 0.3) is 0 Å². The van der Waals surface area contributed by atoms with Gasteiger partial charge in [-0.3, -0.25) is 0 Å². The molecule has 0 saturated heterocycles. The molecule has 1 atom stereocenters. The predicted molar refractivity (Wildman–Crippen MR) is 64.5 cm³/mol. The van der Waals surface area contributed by atoms with Crippen molar-refractivity contribution in [3.05, 3.63) is 23.9 Å². The van der Waals surface area contributed by atoms with Crippen LogP contribution in [0.5, 0.6) is 0 Å². The van der Waals surface area contributed by atoms with E-state index in [1.165, 1.54) is 0 Å². The predicted octanol–water partition coefficient (Wildman–Crippen LogP) is 1.34. The van der Waals surface area contributed by atoms with Gasteiger partial charge in [-0.1, -0.05) is 6.07 Å². The molecule has 1 aromatic heterocycles. The number of aromatic nitrogens is 1. The number of pyridine rings is 1. The number of nitrogens with zero attached hydrogens (tertiary/aromatic N) is 2. The van der Waals surface area contributed by atoms with Crippen molar-refractivity contribution in [1.82, 2.24) is 4.98 Å². The van der Waals surface area contributed by atoms with E-state index in [0.717, 1.165) is 30.9 Å². The third-order valence-electron chi connectivity index (χ3n) is 2.55. The molecule has 0 aromatic carbocycles. The standard InChI is InChI=1S/C12H20N2O2/c1-3-14(7-4-8-15)12-6-5-11(9-13-12)10(2)16/h5-6,9-10,15-16H,3-4,7-8H2,1-2H3. The highest BCUT2D eigenvalue weighted by Gasteiger charge is 2.06. The molecule has 1 heterocycles. The quantitative estimate of drug-likeness (QED) is 0.765. The summed E-state index contributed by atoms with van der Waals surface area (Å²) in [5.74, 6) is 0.889. The summed E-state index contributed by atoms with van der Waals surface area (Å²) < 4.78 is 0. The fraction of sp³-hybridized carbons (Fsp3) is 0.583. The highest BCUT2D eigenvalue weighted by atomic mass is 16.3. The Hall–Kier alpha value is -1.13. The Labute approximate surface area is 96.6 Å². The van der Waals surface area contributed by atoms with E-state index in [9.17, 15) is 5.11 Å². The Morgan fingerprint density at radius 1 is 1.44 bits per heavy atom. The summed E-state index contributed by atoms with van der Waals surface area (Å²) in [4.78, 5) is 6.41. The average molecular weight is 224 g/mol. The molecule has 1 rings (SSSR count). The first-order valence-electron chi connectivity index (χ1n) is 5.68. The summed E-state index contributed by atoms with van der Waals surface area (Å²) >= 11 is 0. The Kier molecular flexibility index (Phi) is 5.22. The molecule has 0 saturated carbocycles. The Morgan fingerprint density at radius 2 is 2.19 bits per heavy atom. The van der Waals surface area contributed by atoms with E-state index in [1.54, 1.807) is 13.1 Å². The van der Waals surface area contributed by atoms with E-state index in [4.69, 9.17) is 5.11 Å². The lowest BCUT2D eigenvalue weighted by Crippen LogP contribution is -2.25. The Bertz CT molecular complexity index is 298. The molecule has 4 nitrogen and oxygen atoms in total. The second-order valence-electron chi connectivity index (χ2n) is 3.78. The lowest BCUT2D eigenvalue weighted by molar-refractivity contribution is 0.199. The van der Waals surface area contributed by atoms with Gasteiger partial charge in [0.15, 0.2) is 0 Å². The Balaban J connectivity index is 2.70. The summed E-state index contributed by atoms with van der Waals surface area (Å²) in [5.41, 5.74) is 0.821. The van der Waals surface area contributed by atoms with Crippen LogP contribution < -0.4 is 4.90 Å². The van der Waals surface area contributed by atoms with Gasteiger partial charge in [-0.25, -0.2) is 4.98 Å². The van der Waals surface area contributed by atoms with E-state index >= 15 is 0 Å². The molecule has 0 bridgehead atoms. The van der Waals surface area contributed by atoms with Crippen molar-refractivity contribution in [2.24, 2.45) is 0 Å². The molecule has 0 aliphatic heterocycles. The van der Waals surface area contributed by atoms with Crippen LogP contribution in [0.2, 0.25) is 0 Å². The van der Waals surface area contributed by atoms with Crippen molar-refractivity contribution < 1.29 is 10.2 Å². The zero-order valence-corrected chi connectivity index (χ0v) is 9.93. The van der Waals surface area contributed by atoms with Crippen molar-refractivity contribution in [2.45, 2.75) is 26.4 Å². The van der Waals surface area contributed by atoms with E-state index in [-0.39, 0.29) is 6.61 Å². The number of hydrogen-bond acceptors (Lipinski definition) is 4. The molecule has 0 spiro atoms. The van der Waals surface area contributed by atoms with Gasteiger partial charge >= 0.3 is 0 Å². The topological polar surface area (TPSA) is 56.6 Å². The second kappa shape index (κ2) is 6.45. The van der Waals surface area contributed by atoms with Crippen LogP contribution in [0.25, 0.3) is 0 Å². The SMILES string of the molecule is CCN(CCCO)c1ccc(C(C)O)cn1. The van der Waals surface area contributed by atoms with Crippen LogP contribution in [0.1, 0.15) is 31.9 Å². The summed E-state index contributed by atoms with van der Waals surface area (Å²) in [5, 5.41) is 18.2. The van der Waals surface area contributed by atoms with E-state index in [1.807, 2.05) is 12.1 Å². The highest BCUT2D eigenvalue weighted by Crippen LogP contribution is 2.15. The van der Waals surface area contributed by atoms with Gasteiger partial charge in [-0.2, -0.15) is 0 Å². The zero-order valence-electron chi connectivity index (χ0n) is 9.93. The molecule has 4 heteroatoms. The van der Waals surface area contributed by atoms with Crippen LogP contribution in [0.4, 0.5) is 5.82 Å². The summed E-state index contributed by atoms with van der Waals surface area (Å²) in [7, 11) is 0. The first-order chi connectivity index (χ1) is 7.69. The maximum absolute atomic E-state index is 9.37. The van der Waals surface area contributed by atoms with Gasteiger partial charge in [0.1, 0.15) is 5.82 Å². The van der Waals surface area contributed by atoms with E-state index in [2.05, 4.69) is 16.8 Å².